The fourth-order valence-electron chi connectivity index (χ4n) is 3.77. The molecule has 0 radical (unpaired) electrons. The van der Waals surface area contributed by atoms with E-state index in [1.807, 2.05) is 0 Å². The summed E-state index contributed by atoms with van der Waals surface area (Å²) in [6.45, 7) is 3.68. The highest BCUT2D eigenvalue weighted by Crippen LogP contribution is 2.20. The van der Waals surface area contributed by atoms with Gasteiger partial charge in [0.1, 0.15) is 5.82 Å². The highest BCUT2D eigenvalue weighted by Gasteiger charge is 2.22. The molecular weight excluding hydrogens is 461 g/mol. The molecule has 0 unspecified atom stereocenters. The van der Waals surface area contributed by atoms with Crippen molar-refractivity contribution >= 4 is 29.2 Å². The average Bonchev–Trinajstić information content (AvgIpc) is 3.14. The van der Waals surface area contributed by atoms with Crippen molar-refractivity contribution in [3.63, 3.8) is 0 Å². The van der Waals surface area contributed by atoms with E-state index in [1.54, 1.807) is 53.1 Å². The van der Waals surface area contributed by atoms with Crippen LogP contribution >= 0.6 is 11.6 Å². The topological polar surface area (TPSA) is 91.6 Å². The first kappa shape index (κ1) is 23.7. The molecule has 34 heavy (non-hydrogen) atoms. The predicted molar refractivity (Wildman–Crippen MR) is 126 cm³/mol. The molecule has 0 spiro atoms. The summed E-state index contributed by atoms with van der Waals surface area (Å²) in [5.41, 5.74) is 1.78. The summed E-state index contributed by atoms with van der Waals surface area (Å²) in [5.74, 6) is 0.384. The molecule has 0 saturated carbocycles. The molecule has 2 aromatic carbocycles. The van der Waals surface area contributed by atoms with Crippen LogP contribution in [0.2, 0.25) is 5.02 Å². The number of amides is 3. The summed E-state index contributed by atoms with van der Waals surface area (Å²) >= 11 is 5.97. The molecule has 1 N–H and O–H groups in total. The lowest BCUT2D eigenvalue weighted by atomic mass is 10.1. The van der Waals surface area contributed by atoms with E-state index in [9.17, 15) is 14.0 Å². The van der Waals surface area contributed by atoms with Gasteiger partial charge >= 0.3 is 6.03 Å². The fraction of sp³-hybridized carbons (Fsp3) is 0.333. The third-order valence-corrected chi connectivity index (χ3v) is 5.88. The Morgan fingerprint density at radius 3 is 2.71 bits per heavy atom. The number of hydrogen-bond donors (Lipinski definition) is 1. The van der Waals surface area contributed by atoms with Crippen molar-refractivity contribution in [1.82, 2.24) is 19.9 Å². The van der Waals surface area contributed by atoms with Crippen molar-refractivity contribution in [2.75, 3.05) is 31.5 Å². The molecule has 0 bridgehead atoms. The Balaban J connectivity index is 1.27. The second-order valence-electron chi connectivity index (χ2n) is 8.14. The van der Waals surface area contributed by atoms with E-state index in [4.69, 9.17) is 16.1 Å². The first-order valence-electron chi connectivity index (χ1n) is 11.1. The fourth-order valence-corrected chi connectivity index (χ4v) is 3.96. The molecule has 1 fully saturated rings. The van der Waals surface area contributed by atoms with Gasteiger partial charge in [-0.3, -0.25) is 4.79 Å². The van der Waals surface area contributed by atoms with Crippen LogP contribution in [0, 0.1) is 12.7 Å². The van der Waals surface area contributed by atoms with Gasteiger partial charge in [0.05, 0.1) is 0 Å². The number of carbonyl (C=O) groups is 2. The monoisotopic (exact) mass is 485 g/mol. The molecular formula is C24H25ClFN5O3. The van der Waals surface area contributed by atoms with Crippen LogP contribution in [0.4, 0.5) is 14.9 Å². The highest BCUT2D eigenvalue weighted by molar-refractivity contribution is 6.30. The van der Waals surface area contributed by atoms with Gasteiger partial charge in [0.25, 0.3) is 0 Å². The van der Waals surface area contributed by atoms with E-state index >= 15 is 0 Å². The minimum absolute atomic E-state index is 0.0329. The smallest absolute Gasteiger partial charge is 0.321 e. The predicted octanol–water partition coefficient (Wildman–Crippen LogP) is 4.54. The maximum Gasteiger partial charge on any atom is 0.321 e. The first-order valence-corrected chi connectivity index (χ1v) is 11.5. The van der Waals surface area contributed by atoms with E-state index < -0.39 is 0 Å². The molecule has 1 aromatic heterocycles. The van der Waals surface area contributed by atoms with Crippen LogP contribution in [0.1, 0.15) is 24.3 Å². The summed E-state index contributed by atoms with van der Waals surface area (Å²) < 4.78 is 18.7. The van der Waals surface area contributed by atoms with E-state index in [0.717, 1.165) is 0 Å². The van der Waals surface area contributed by atoms with Crippen LogP contribution in [0.5, 0.6) is 0 Å². The number of benzene rings is 2. The van der Waals surface area contributed by atoms with Gasteiger partial charge in [0.15, 0.2) is 0 Å². The van der Waals surface area contributed by atoms with Gasteiger partial charge in [-0.1, -0.05) is 22.8 Å². The largest absolute Gasteiger partial charge is 0.341 e. The Labute approximate surface area is 201 Å². The molecule has 1 saturated heterocycles. The van der Waals surface area contributed by atoms with Gasteiger partial charge in [-0.15, -0.1) is 0 Å². The van der Waals surface area contributed by atoms with Crippen molar-refractivity contribution in [3.05, 3.63) is 64.8 Å². The molecule has 4 rings (SSSR count). The normalized spacial score (nSPS) is 14.1. The maximum atomic E-state index is 13.5. The Bertz CT molecular complexity index is 1180. The molecule has 8 nitrogen and oxygen atoms in total. The van der Waals surface area contributed by atoms with Crippen LogP contribution in [0.3, 0.4) is 0 Å². The van der Waals surface area contributed by atoms with Crippen molar-refractivity contribution in [1.29, 1.82) is 0 Å². The van der Waals surface area contributed by atoms with Crippen molar-refractivity contribution in [2.24, 2.45) is 0 Å². The molecule has 0 atom stereocenters. The number of nitrogens with one attached hydrogen (secondary N) is 1. The van der Waals surface area contributed by atoms with Crippen molar-refractivity contribution in [3.8, 4) is 11.4 Å². The van der Waals surface area contributed by atoms with Crippen LogP contribution in [0.15, 0.2) is 47.0 Å². The Morgan fingerprint density at radius 1 is 1.12 bits per heavy atom. The highest BCUT2D eigenvalue weighted by atomic mass is 35.5. The quantitative estimate of drug-likeness (QED) is 0.573. The lowest BCUT2D eigenvalue weighted by molar-refractivity contribution is -0.131. The number of anilines is 1. The van der Waals surface area contributed by atoms with E-state index in [2.05, 4.69) is 15.5 Å². The molecule has 10 heteroatoms. The zero-order valence-electron chi connectivity index (χ0n) is 18.8. The zero-order chi connectivity index (χ0) is 24.1. The molecule has 1 aliphatic rings. The second-order valence-corrected chi connectivity index (χ2v) is 8.57. The molecule has 178 valence electrons. The van der Waals surface area contributed by atoms with Gasteiger partial charge in [0, 0.05) is 55.3 Å². The number of carbonyl (C=O) groups excluding carboxylic acids is 2. The van der Waals surface area contributed by atoms with Crippen LogP contribution in [0.25, 0.3) is 11.4 Å². The zero-order valence-corrected chi connectivity index (χ0v) is 19.5. The van der Waals surface area contributed by atoms with E-state index in [-0.39, 0.29) is 24.2 Å². The summed E-state index contributed by atoms with van der Waals surface area (Å²) in [4.78, 5) is 33.1. The van der Waals surface area contributed by atoms with Crippen LogP contribution in [-0.2, 0) is 11.2 Å². The number of nitrogens with zero attached hydrogens (tertiary/aromatic N) is 4. The summed E-state index contributed by atoms with van der Waals surface area (Å²) in [5, 5.41) is 7.33. The number of rotatable bonds is 5. The van der Waals surface area contributed by atoms with Crippen LogP contribution < -0.4 is 5.32 Å². The van der Waals surface area contributed by atoms with Crippen molar-refractivity contribution in [2.45, 2.75) is 26.2 Å². The van der Waals surface area contributed by atoms with Gasteiger partial charge < -0.3 is 19.6 Å². The number of hydrogen-bond acceptors (Lipinski definition) is 5. The third kappa shape index (κ3) is 5.91. The lowest BCUT2D eigenvalue weighted by Crippen LogP contribution is -2.39. The minimum Gasteiger partial charge on any atom is -0.341 e. The lowest BCUT2D eigenvalue weighted by Gasteiger charge is -2.22. The number of aryl methyl sites for hydroxylation is 2. The molecule has 3 aromatic rings. The standard InChI is InChI=1S/C24H25ClFN5O3/c1-16-14-17(6-7-20(16)26)23-28-21(34-29-23)8-9-22(32)30-10-3-11-31(13-12-30)24(33)27-19-5-2-4-18(25)15-19/h2,4-7,14-15H,3,8-13H2,1H3,(H,27,33). The molecule has 2 heterocycles. The third-order valence-electron chi connectivity index (χ3n) is 5.65. The first-order chi connectivity index (χ1) is 16.4. The maximum absolute atomic E-state index is 13.5. The second kappa shape index (κ2) is 10.6. The van der Waals surface area contributed by atoms with Gasteiger partial charge in [0.2, 0.25) is 17.6 Å². The Morgan fingerprint density at radius 2 is 1.91 bits per heavy atom. The van der Waals surface area contributed by atoms with Gasteiger partial charge in [-0.25, -0.2) is 9.18 Å². The molecule has 3 amide bonds. The Hall–Kier alpha value is -3.46. The number of urea groups is 1. The molecule has 1 aliphatic heterocycles. The van der Waals surface area contributed by atoms with E-state index in [0.29, 0.717) is 72.6 Å². The molecule has 0 aliphatic carbocycles. The average molecular weight is 486 g/mol. The minimum atomic E-state index is -0.295. The van der Waals surface area contributed by atoms with Gasteiger partial charge in [-0.05, 0) is 55.3 Å². The summed E-state index contributed by atoms with van der Waals surface area (Å²) in [7, 11) is 0. The van der Waals surface area contributed by atoms with Gasteiger partial charge in [-0.2, -0.15) is 4.98 Å². The van der Waals surface area contributed by atoms with E-state index in [1.165, 1.54) is 6.07 Å². The summed E-state index contributed by atoms with van der Waals surface area (Å²) in [6.07, 6.45) is 1.21. The number of halogens is 2. The SMILES string of the molecule is Cc1cc(-c2noc(CCC(=O)N3CCCN(C(=O)Nc4cccc(Cl)c4)CC3)n2)ccc1F. The number of aromatic nitrogens is 2. The summed E-state index contributed by atoms with van der Waals surface area (Å²) in [6, 6.07) is 11.4. The van der Waals surface area contributed by atoms with Crippen LogP contribution in [-0.4, -0.2) is 58.1 Å². The van der Waals surface area contributed by atoms with Crippen molar-refractivity contribution < 1.29 is 18.5 Å². The Kier molecular flexibility index (Phi) is 7.42.